The van der Waals surface area contributed by atoms with Gasteiger partial charge in [0.2, 0.25) is 11.0 Å². The van der Waals surface area contributed by atoms with E-state index in [2.05, 4.69) is 15.5 Å². The molecule has 0 saturated carbocycles. The van der Waals surface area contributed by atoms with Crippen molar-refractivity contribution in [2.24, 2.45) is 5.92 Å². The Morgan fingerprint density at radius 2 is 2.14 bits per heavy atom. The zero-order valence-corrected chi connectivity index (χ0v) is 13.2. The molecule has 0 aliphatic heterocycles. The number of aromatic nitrogens is 2. The van der Waals surface area contributed by atoms with Gasteiger partial charge in [-0.2, -0.15) is 0 Å². The van der Waals surface area contributed by atoms with Crippen molar-refractivity contribution >= 4 is 22.4 Å². The number of hydrogen-bond acceptors (Lipinski definition) is 5. The minimum Gasteiger partial charge on any atom is -0.496 e. The van der Waals surface area contributed by atoms with Gasteiger partial charge in [0.05, 0.1) is 7.11 Å². The summed E-state index contributed by atoms with van der Waals surface area (Å²) in [5.74, 6) is 0.793. The average Bonchev–Trinajstić information content (AvgIpc) is 2.94. The summed E-state index contributed by atoms with van der Waals surface area (Å²) in [4.78, 5) is 11.8. The molecule has 0 fully saturated rings. The number of carbonyl (C=O) groups is 1. The first-order chi connectivity index (χ1) is 10.1. The normalized spacial score (nSPS) is 12.0. The van der Waals surface area contributed by atoms with Crippen LogP contribution in [0.1, 0.15) is 30.8 Å². The highest BCUT2D eigenvalue weighted by atomic mass is 32.1. The maximum Gasteiger partial charge on any atom is 0.229 e. The molecular weight excluding hydrogens is 286 g/mol. The molecule has 0 aliphatic carbocycles. The second-order valence-electron chi connectivity index (χ2n) is 4.79. The van der Waals surface area contributed by atoms with Crippen molar-refractivity contribution < 1.29 is 9.53 Å². The van der Waals surface area contributed by atoms with E-state index >= 15 is 0 Å². The van der Waals surface area contributed by atoms with Crippen LogP contribution in [0.5, 0.6) is 5.75 Å². The van der Waals surface area contributed by atoms with Gasteiger partial charge in [-0.15, -0.1) is 10.2 Å². The summed E-state index contributed by atoms with van der Waals surface area (Å²) < 4.78 is 5.32. The Morgan fingerprint density at radius 1 is 1.38 bits per heavy atom. The van der Waals surface area contributed by atoms with Crippen molar-refractivity contribution in [2.75, 3.05) is 12.4 Å². The van der Waals surface area contributed by atoms with Gasteiger partial charge in [0.25, 0.3) is 0 Å². The predicted octanol–water partition coefficient (Wildman–Crippen LogP) is 3.12. The molecule has 0 bridgehead atoms. The number of nitrogens with zero attached hydrogens (tertiary/aromatic N) is 2. The lowest BCUT2D eigenvalue weighted by molar-refractivity contribution is -0.119. The fourth-order valence-electron chi connectivity index (χ4n) is 1.80. The average molecular weight is 305 g/mol. The number of ether oxygens (including phenoxy) is 1. The first-order valence-corrected chi connectivity index (χ1v) is 7.70. The molecule has 21 heavy (non-hydrogen) atoms. The molecule has 1 unspecified atom stereocenters. The molecule has 1 atom stereocenters. The van der Waals surface area contributed by atoms with Gasteiger partial charge in [-0.3, -0.25) is 4.79 Å². The maximum atomic E-state index is 11.8. The summed E-state index contributed by atoms with van der Waals surface area (Å²) in [5.41, 5.74) is 1.05. The van der Waals surface area contributed by atoms with E-state index in [0.29, 0.717) is 11.6 Å². The molecule has 0 aliphatic rings. The minimum atomic E-state index is -0.0217. The van der Waals surface area contributed by atoms with Crippen LogP contribution in [-0.4, -0.2) is 23.2 Å². The molecule has 1 aromatic carbocycles. The smallest absolute Gasteiger partial charge is 0.229 e. The SMILES string of the molecule is CCC(C)C(=O)Nc1nnc(Cc2ccccc2OC)s1. The molecule has 112 valence electrons. The van der Waals surface area contributed by atoms with Crippen LogP contribution in [0, 0.1) is 5.92 Å². The lowest BCUT2D eigenvalue weighted by atomic mass is 10.1. The van der Waals surface area contributed by atoms with Crippen molar-refractivity contribution in [3.63, 3.8) is 0 Å². The third-order valence-corrected chi connectivity index (χ3v) is 4.13. The third kappa shape index (κ3) is 4.01. The first kappa shape index (κ1) is 15.4. The number of methoxy groups -OCH3 is 1. The molecule has 1 aromatic heterocycles. The van der Waals surface area contributed by atoms with E-state index in [1.54, 1.807) is 7.11 Å². The highest BCUT2D eigenvalue weighted by Gasteiger charge is 2.14. The molecule has 5 nitrogen and oxygen atoms in total. The number of carbonyl (C=O) groups excluding carboxylic acids is 1. The van der Waals surface area contributed by atoms with Gasteiger partial charge in [-0.1, -0.05) is 43.4 Å². The van der Waals surface area contributed by atoms with Crippen LogP contribution in [0.15, 0.2) is 24.3 Å². The van der Waals surface area contributed by atoms with Gasteiger partial charge < -0.3 is 10.1 Å². The molecule has 2 rings (SSSR count). The molecule has 1 heterocycles. The van der Waals surface area contributed by atoms with Gasteiger partial charge in [-0.25, -0.2) is 0 Å². The molecule has 0 saturated heterocycles. The monoisotopic (exact) mass is 305 g/mol. The van der Waals surface area contributed by atoms with Gasteiger partial charge >= 0.3 is 0 Å². The fraction of sp³-hybridized carbons (Fsp3) is 0.400. The Balaban J connectivity index is 2.05. The zero-order valence-electron chi connectivity index (χ0n) is 12.4. The fourth-order valence-corrected chi connectivity index (χ4v) is 2.57. The van der Waals surface area contributed by atoms with Crippen LogP contribution in [0.25, 0.3) is 0 Å². The highest BCUT2D eigenvalue weighted by molar-refractivity contribution is 7.15. The van der Waals surface area contributed by atoms with E-state index < -0.39 is 0 Å². The summed E-state index contributed by atoms with van der Waals surface area (Å²) in [5, 5.41) is 12.3. The van der Waals surface area contributed by atoms with Crippen molar-refractivity contribution in [3.8, 4) is 5.75 Å². The second kappa shape index (κ2) is 7.17. The van der Waals surface area contributed by atoms with Crippen LogP contribution >= 0.6 is 11.3 Å². The van der Waals surface area contributed by atoms with Gasteiger partial charge in [-0.05, 0) is 12.5 Å². The quantitative estimate of drug-likeness (QED) is 0.890. The summed E-state index contributed by atoms with van der Waals surface area (Å²) in [6, 6.07) is 7.81. The van der Waals surface area contributed by atoms with E-state index in [0.717, 1.165) is 22.7 Å². The number of rotatable bonds is 6. The van der Waals surface area contributed by atoms with Crippen LogP contribution < -0.4 is 10.1 Å². The van der Waals surface area contributed by atoms with E-state index in [1.165, 1.54) is 11.3 Å². The van der Waals surface area contributed by atoms with Gasteiger partial charge in [0.1, 0.15) is 10.8 Å². The second-order valence-corrected chi connectivity index (χ2v) is 5.85. The van der Waals surface area contributed by atoms with Gasteiger partial charge in [0.15, 0.2) is 0 Å². The summed E-state index contributed by atoms with van der Waals surface area (Å²) in [7, 11) is 1.65. The van der Waals surface area contributed by atoms with Crippen LogP contribution in [-0.2, 0) is 11.2 Å². The summed E-state index contributed by atoms with van der Waals surface area (Å²) in [6.07, 6.45) is 1.44. The molecule has 0 radical (unpaired) electrons. The number of amides is 1. The van der Waals surface area contributed by atoms with E-state index in [1.807, 2.05) is 38.1 Å². The number of hydrogen-bond donors (Lipinski definition) is 1. The summed E-state index contributed by atoms with van der Waals surface area (Å²) in [6.45, 7) is 3.88. The Morgan fingerprint density at radius 3 is 2.86 bits per heavy atom. The minimum absolute atomic E-state index is 0.0162. The third-order valence-electron chi connectivity index (χ3n) is 3.29. The maximum absolute atomic E-state index is 11.8. The number of para-hydroxylation sites is 1. The molecule has 0 spiro atoms. The lowest BCUT2D eigenvalue weighted by Crippen LogP contribution is -2.19. The van der Waals surface area contributed by atoms with Crippen LogP contribution in [0.3, 0.4) is 0 Å². The zero-order chi connectivity index (χ0) is 15.2. The Bertz CT molecular complexity index is 612. The number of nitrogens with one attached hydrogen (secondary N) is 1. The Hall–Kier alpha value is -1.95. The molecule has 1 amide bonds. The van der Waals surface area contributed by atoms with Crippen molar-refractivity contribution in [1.29, 1.82) is 0 Å². The Labute approximate surface area is 128 Å². The van der Waals surface area contributed by atoms with Crippen LogP contribution in [0.2, 0.25) is 0 Å². The summed E-state index contributed by atoms with van der Waals surface area (Å²) >= 11 is 1.39. The topological polar surface area (TPSA) is 64.1 Å². The van der Waals surface area contributed by atoms with E-state index in [9.17, 15) is 4.79 Å². The van der Waals surface area contributed by atoms with Gasteiger partial charge in [0, 0.05) is 17.9 Å². The molecule has 1 N–H and O–H groups in total. The molecule has 6 heteroatoms. The number of anilines is 1. The Kier molecular flexibility index (Phi) is 5.27. The first-order valence-electron chi connectivity index (χ1n) is 6.89. The van der Waals surface area contributed by atoms with E-state index in [4.69, 9.17) is 4.74 Å². The molecule has 2 aromatic rings. The highest BCUT2D eigenvalue weighted by Crippen LogP contribution is 2.24. The largest absolute Gasteiger partial charge is 0.496 e. The predicted molar refractivity (Wildman–Crippen MR) is 83.8 cm³/mol. The van der Waals surface area contributed by atoms with Crippen molar-refractivity contribution in [2.45, 2.75) is 26.7 Å². The lowest BCUT2D eigenvalue weighted by Gasteiger charge is -2.06. The van der Waals surface area contributed by atoms with E-state index in [-0.39, 0.29) is 11.8 Å². The van der Waals surface area contributed by atoms with Crippen LogP contribution in [0.4, 0.5) is 5.13 Å². The molecular formula is C15H19N3O2S. The van der Waals surface area contributed by atoms with Crippen molar-refractivity contribution in [1.82, 2.24) is 10.2 Å². The van der Waals surface area contributed by atoms with Crippen molar-refractivity contribution in [3.05, 3.63) is 34.8 Å². The number of benzene rings is 1. The standard InChI is InChI=1S/C15H19N3O2S/c1-4-10(2)14(19)16-15-18-17-13(21-15)9-11-7-5-6-8-12(11)20-3/h5-8,10H,4,9H2,1-3H3,(H,16,18,19).